The molecule has 3 aromatic carbocycles. The summed E-state index contributed by atoms with van der Waals surface area (Å²) in [5.74, 6) is -0.165. The van der Waals surface area contributed by atoms with Gasteiger partial charge in [-0.15, -0.1) is 5.53 Å². The van der Waals surface area contributed by atoms with E-state index < -0.39 is 5.97 Å². The molecule has 8 heteroatoms. The van der Waals surface area contributed by atoms with Crippen LogP contribution in [0, 0.1) is 13.8 Å². The van der Waals surface area contributed by atoms with Crippen molar-refractivity contribution < 1.29 is 19.4 Å². The van der Waals surface area contributed by atoms with Crippen LogP contribution < -0.4 is 20.3 Å². The second kappa shape index (κ2) is 11.3. The van der Waals surface area contributed by atoms with Crippen LogP contribution in [0.1, 0.15) is 45.7 Å². The molecule has 0 amide bonds. The summed E-state index contributed by atoms with van der Waals surface area (Å²) >= 11 is 0. The normalized spacial score (nSPS) is 17.8. The highest BCUT2D eigenvalue weighted by Gasteiger charge is 2.29. The smallest absolute Gasteiger partial charge is 0.304 e. The molecule has 3 aromatic rings. The predicted molar refractivity (Wildman–Crippen MR) is 153 cm³/mol. The molecule has 0 bridgehead atoms. The molecule has 2 atom stereocenters. The Morgan fingerprint density at radius 3 is 2.69 bits per heavy atom. The van der Waals surface area contributed by atoms with Crippen molar-refractivity contribution in [3.63, 3.8) is 0 Å². The Bertz CT molecular complexity index is 1360. The zero-order chi connectivity index (χ0) is 27.7. The number of anilines is 2. The van der Waals surface area contributed by atoms with Crippen molar-refractivity contribution in [2.45, 2.75) is 45.4 Å². The van der Waals surface area contributed by atoms with E-state index in [9.17, 15) is 9.90 Å². The van der Waals surface area contributed by atoms with E-state index in [1.54, 1.807) is 7.11 Å². The third-order valence-corrected chi connectivity index (χ3v) is 7.85. The number of benzene rings is 3. The Morgan fingerprint density at radius 2 is 1.92 bits per heavy atom. The topological polar surface area (TPSA) is 77.5 Å². The third kappa shape index (κ3) is 5.59. The van der Waals surface area contributed by atoms with Crippen molar-refractivity contribution in [3.8, 4) is 5.75 Å². The molecule has 0 aromatic heterocycles. The maximum absolute atomic E-state index is 12.1. The molecule has 5 rings (SSSR count). The average Bonchev–Trinajstić information content (AvgIpc) is 3.07. The van der Waals surface area contributed by atoms with E-state index in [2.05, 4.69) is 60.7 Å². The van der Waals surface area contributed by atoms with Gasteiger partial charge in [-0.2, -0.15) is 0 Å². The summed E-state index contributed by atoms with van der Waals surface area (Å²) in [5, 5.41) is 13.9. The van der Waals surface area contributed by atoms with Crippen LogP contribution in [0.4, 0.5) is 11.4 Å². The van der Waals surface area contributed by atoms with E-state index in [0.29, 0.717) is 6.61 Å². The summed E-state index contributed by atoms with van der Waals surface area (Å²) in [7, 11) is 5.66. The highest BCUT2D eigenvalue weighted by molar-refractivity contribution is 5.79. The van der Waals surface area contributed by atoms with Crippen LogP contribution in [0.5, 0.6) is 5.75 Å². The Labute approximate surface area is 230 Å². The minimum Gasteiger partial charge on any atom is -0.486 e. The van der Waals surface area contributed by atoms with Crippen LogP contribution in [-0.2, 0) is 22.6 Å². The van der Waals surface area contributed by atoms with Crippen molar-refractivity contribution >= 4 is 17.3 Å². The number of hydrazine groups is 2. The van der Waals surface area contributed by atoms with Crippen LogP contribution in [0.3, 0.4) is 0 Å². The van der Waals surface area contributed by atoms with Crippen molar-refractivity contribution in [1.82, 2.24) is 10.4 Å². The van der Waals surface area contributed by atoms with Gasteiger partial charge in [0.05, 0.1) is 24.4 Å². The number of para-hydroxylation sites is 1. The quantitative estimate of drug-likeness (QED) is 0.437. The van der Waals surface area contributed by atoms with Crippen LogP contribution >= 0.6 is 0 Å². The number of rotatable bonds is 8. The molecule has 206 valence electrons. The van der Waals surface area contributed by atoms with Gasteiger partial charge in [-0.3, -0.25) is 19.7 Å². The lowest BCUT2D eigenvalue weighted by atomic mass is 9.84. The molecular weight excluding hydrogens is 492 g/mol. The van der Waals surface area contributed by atoms with Gasteiger partial charge in [0.25, 0.3) is 0 Å². The number of methoxy groups -OCH3 is 1. The summed E-state index contributed by atoms with van der Waals surface area (Å²) in [6, 6.07) is 18.7. The third-order valence-electron chi connectivity index (χ3n) is 7.85. The fraction of sp³-hybridized carbons (Fsp3) is 0.387. The number of ether oxygens (including phenoxy) is 2. The molecule has 0 fully saturated rings. The fourth-order valence-electron chi connectivity index (χ4n) is 5.96. The van der Waals surface area contributed by atoms with Gasteiger partial charge in [-0.25, -0.2) is 0 Å². The summed E-state index contributed by atoms with van der Waals surface area (Å²) in [6.45, 7) is 6.97. The molecule has 0 aliphatic carbocycles. The van der Waals surface area contributed by atoms with Gasteiger partial charge in [-0.05, 0) is 53.8 Å². The minimum atomic E-state index is -0.811. The molecule has 0 saturated heterocycles. The second-order valence-electron chi connectivity index (χ2n) is 10.7. The number of hydrogen-bond acceptors (Lipinski definition) is 7. The molecule has 2 unspecified atom stereocenters. The van der Waals surface area contributed by atoms with Gasteiger partial charge in [0.1, 0.15) is 11.9 Å². The average molecular weight is 531 g/mol. The first-order chi connectivity index (χ1) is 18.7. The molecule has 2 aliphatic heterocycles. The first-order valence-corrected chi connectivity index (χ1v) is 13.4. The number of aryl methyl sites for hydroxylation is 1. The van der Waals surface area contributed by atoms with E-state index in [0.717, 1.165) is 59.0 Å². The van der Waals surface area contributed by atoms with Crippen molar-refractivity contribution in [1.29, 1.82) is 0 Å². The summed E-state index contributed by atoms with van der Waals surface area (Å²) in [6.07, 6.45) is -0.0460. The Hall–Kier alpha value is -3.59. The molecule has 0 radical (unpaired) electrons. The Balaban J connectivity index is 1.48. The maximum atomic E-state index is 12.1. The molecular formula is C31H38N4O4. The lowest BCUT2D eigenvalue weighted by molar-refractivity contribution is -0.137. The van der Waals surface area contributed by atoms with Gasteiger partial charge >= 0.3 is 5.97 Å². The van der Waals surface area contributed by atoms with Crippen LogP contribution in [0.15, 0.2) is 54.6 Å². The first kappa shape index (κ1) is 27.0. The summed E-state index contributed by atoms with van der Waals surface area (Å²) in [4.78, 5) is 14.5. The van der Waals surface area contributed by atoms with E-state index >= 15 is 0 Å². The van der Waals surface area contributed by atoms with E-state index in [1.807, 2.05) is 42.3 Å². The number of nitrogens with zero attached hydrogens (tertiary/aromatic N) is 3. The fourth-order valence-corrected chi connectivity index (χ4v) is 5.96. The van der Waals surface area contributed by atoms with E-state index in [1.165, 1.54) is 11.1 Å². The SMILES string of the molecule is COCC1CN(Cc2cc(C(CC(=O)O)c3ccc4c(c3C)N(C)NN4C)ccc2C)Cc2ccccc2O1. The largest absolute Gasteiger partial charge is 0.486 e. The molecule has 2 heterocycles. The highest BCUT2D eigenvalue weighted by atomic mass is 16.5. The van der Waals surface area contributed by atoms with Crippen molar-refractivity contribution in [2.24, 2.45) is 0 Å². The number of hydrogen-bond donors (Lipinski definition) is 2. The van der Waals surface area contributed by atoms with Gasteiger partial charge in [0, 0.05) is 52.3 Å². The standard InChI is InChI=1S/C31H38N4O4/c1-20-10-11-22(27(15-30(36)37)26-12-13-28-31(21(26)2)34(4)32-33(28)3)14-24(20)17-35-16-23-8-6-7-9-29(23)39-25(18-35)19-38-5/h6-14,25,27,32H,15-19H2,1-5H3,(H,36,37). The molecule has 0 spiro atoms. The molecule has 0 saturated carbocycles. The monoisotopic (exact) mass is 530 g/mol. The Morgan fingerprint density at radius 1 is 1.13 bits per heavy atom. The predicted octanol–water partition coefficient (Wildman–Crippen LogP) is 4.63. The number of carboxylic acids is 1. The summed E-state index contributed by atoms with van der Waals surface area (Å²) < 4.78 is 11.7. The molecule has 39 heavy (non-hydrogen) atoms. The number of carboxylic acid groups (broad SMARTS) is 1. The second-order valence-corrected chi connectivity index (χ2v) is 10.7. The number of carbonyl (C=O) groups is 1. The van der Waals surface area contributed by atoms with Crippen LogP contribution in [0.2, 0.25) is 0 Å². The molecule has 2 N–H and O–H groups in total. The lowest BCUT2D eigenvalue weighted by Gasteiger charge is -2.26. The number of aliphatic carboxylic acids is 1. The van der Waals surface area contributed by atoms with Crippen LogP contribution in [0.25, 0.3) is 0 Å². The maximum Gasteiger partial charge on any atom is 0.304 e. The van der Waals surface area contributed by atoms with E-state index in [-0.39, 0.29) is 18.4 Å². The molecule has 2 aliphatic rings. The zero-order valence-corrected chi connectivity index (χ0v) is 23.4. The lowest BCUT2D eigenvalue weighted by Crippen LogP contribution is -2.39. The van der Waals surface area contributed by atoms with E-state index in [4.69, 9.17) is 9.47 Å². The minimum absolute atomic E-state index is 0.0238. The highest BCUT2D eigenvalue weighted by Crippen LogP contribution is 2.41. The van der Waals surface area contributed by atoms with Gasteiger partial charge in [-0.1, -0.05) is 42.5 Å². The first-order valence-electron chi connectivity index (χ1n) is 13.4. The van der Waals surface area contributed by atoms with Gasteiger partial charge in [0.15, 0.2) is 0 Å². The zero-order valence-electron chi connectivity index (χ0n) is 23.4. The van der Waals surface area contributed by atoms with Gasteiger partial charge < -0.3 is 14.6 Å². The molecule has 8 nitrogen and oxygen atoms in total. The van der Waals surface area contributed by atoms with Crippen molar-refractivity contribution in [2.75, 3.05) is 44.4 Å². The van der Waals surface area contributed by atoms with Crippen molar-refractivity contribution in [3.05, 3.63) is 88.0 Å². The van der Waals surface area contributed by atoms with Crippen LogP contribution in [-0.4, -0.2) is 56.4 Å². The number of fused-ring (bicyclic) bond motifs is 2. The Kier molecular flexibility index (Phi) is 7.79. The van der Waals surface area contributed by atoms with Gasteiger partial charge in [0.2, 0.25) is 0 Å². The summed E-state index contributed by atoms with van der Waals surface area (Å²) in [5.41, 5.74) is 12.1. The number of nitrogens with one attached hydrogen (secondary N) is 1.